The molecule has 6 heteroatoms. The first kappa shape index (κ1) is 14.1. The first-order valence-electron chi connectivity index (χ1n) is 6.33. The molecule has 0 aliphatic heterocycles. The average molecular weight is 285 g/mol. The van der Waals surface area contributed by atoms with Crippen LogP contribution >= 0.6 is 11.6 Å². The van der Waals surface area contributed by atoms with Crippen molar-refractivity contribution >= 4 is 23.4 Å². The second-order valence-corrected chi connectivity index (χ2v) is 5.53. The second-order valence-electron chi connectivity index (χ2n) is 5.17. The summed E-state index contributed by atoms with van der Waals surface area (Å²) in [5, 5.41) is 14.1. The SMILES string of the molecule is Cc1nn(C)c(Cl)c1CC1(C(=O)O)CCCCC1=O. The molecule has 0 amide bonds. The zero-order valence-electron chi connectivity index (χ0n) is 11.1. The Hall–Kier alpha value is -1.36. The fraction of sp³-hybridized carbons (Fsp3) is 0.615. The summed E-state index contributed by atoms with van der Waals surface area (Å²) in [6, 6.07) is 0. The highest BCUT2D eigenvalue weighted by Gasteiger charge is 2.47. The van der Waals surface area contributed by atoms with E-state index in [-0.39, 0.29) is 12.2 Å². The summed E-state index contributed by atoms with van der Waals surface area (Å²) in [7, 11) is 1.70. The van der Waals surface area contributed by atoms with E-state index in [1.807, 2.05) is 0 Å². The van der Waals surface area contributed by atoms with Gasteiger partial charge in [-0.1, -0.05) is 18.0 Å². The summed E-state index contributed by atoms with van der Waals surface area (Å²) in [5.41, 5.74) is 0.0312. The summed E-state index contributed by atoms with van der Waals surface area (Å²) in [6.45, 7) is 1.78. The lowest BCUT2D eigenvalue weighted by atomic mass is 9.69. The lowest BCUT2D eigenvalue weighted by Crippen LogP contribution is -2.43. The Kier molecular flexibility index (Phi) is 3.67. The maximum Gasteiger partial charge on any atom is 0.317 e. The van der Waals surface area contributed by atoms with Gasteiger partial charge in [0.05, 0.1) is 5.69 Å². The van der Waals surface area contributed by atoms with Gasteiger partial charge in [-0.15, -0.1) is 0 Å². The molecule has 1 unspecified atom stereocenters. The zero-order valence-corrected chi connectivity index (χ0v) is 11.8. The summed E-state index contributed by atoms with van der Waals surface area (Å²) >= 11 is 6.14. The first-order chi connectivity index (χ1) is 8.88. The zero-order chi connectivity index (χ0) is 14.2. The number of Topliss-reactive ketones (excluding diaryl/α,β-unsaturated/α-hetero) is 1. The molecule has 0 spiro atoms. The van der Waals surface area contributed by atoms with E-state index in [1.54, 1.807) is 14.0 Å². The van der Waals surface area contributed by atoms with Crippen LogP contribution in [0, 0.1) is 12.3 Å². The smallest absolute Gasteiger partial charge is 0.317 e. The molecule has 1 atom stereocenters. The van der Waals surface area contributed by atoms with Gasteiger partial charge in [0.1, 0.15) is 10.6 Å². The average Bonchev–Trinajstić information content (AvgIpc) is 2.58. The van der Waals surface area contributed by atoms with Gasteiger partial charge in [-0.3, -0.25) is 14.3 Å². The summed E-state index contributed by atoms with van der Waals surface area (Å²) in [4.78, 5) is 23.8. The molecule has 1 aromatic heterocycles. The number of aliphatic carboxylic acids is 1. The van der Waals surface area contributed by atoms with Crippen molar-refractivity contribution < 1.29 is 14.7 Å². The van der Waals surface area contributed by atoms with Crippen molar-refractivity contribution in [2.75, 3.05) is 0 Å². The third-order valence-corrected chi connectivity index (χ3v) is 4.42. The monoisotopic (exact) mass is 284 g/mol. The highest BCUT2D eigenvalue weighted by molar-refractivity contribution is 6.30. The number of halogens is 1. The van der Waals surface area contributed by atoms with E-state index in [0.717, 1.165) is 12.8 Å². The van der Waals surface area contributed by atoms with Crippen molar-refractivity contribution in [1.82, 2.24) is 9.78 Å². The van der Waals surface area contributed by atoms with Crippen molar-refractivity contribution in [3.05, 3.63) is 16.4 Å². The maximum atomic E-state index is 12.1. The lowest BCUT2D eigenvalue weighted by Gasteiger charge is -2.31. The van der Waals surface area contributed by atoms with Crippen LogP contribution in [0.3, 0.4) is 0 Å². The van der Waals surface area contributed by atoms with Crippen molar-refractivity contribution in [3.63, 3.8) is 0 Å². The van der Waals surface area contributed by atoms with E-state index in [9.17, 15) is 14.7 Å². The molecule has 5 nitrogen and oxygen atoms in total. The van der Waals surface area contributed by atoms with Crippen LogP contribution in [0.25, 0.3) is 0 Å². The Morgan fingerprint density at radius 1 is 1.53 bits per heavy atom. The quantitative estimate of drug-likeness (QED) is 0.863. The number of carboxylic acids is 1. The number of hydrogen-bond acceptors (Lipinski definition) is 3. The normalized spacial score (nSPS) is 23.6. The Morgan fingerprint density at radius 3 is 2.68 bits per heavy atom. The molecule has 19 heavy (non-hydrogen) atoms. The van der Waals surface area contributed by atoms with Crippen LogP contribution in [0.5, 0.6) is 0 Å². The van der Waals surface area contributed by atoms with Crippen molar-refractivity contribution in [1.29, 1.82) is 0 Å². The molecule has 1 fully saturated rings. The number of hydrogen-bond donors (Lipinski definition) is 1. The third-order valence-electron chi connectivity index (χ3n) is 3.95. The van der Waals surface area contributed by atoms with E-state index in [4.69, 9.17) is 11.6 Å². The molecule has 1 N–H and O–H groups in total. The van der Waals surface area contributed by atoms with Gasteiger partial charge in [0.2, 0.25) is 0 Å². The maximum absolute atomic E-state index is 12.1. The minimum Gasteiger partial charge on any atom is -0.480 e. The van der Waals surface area contributed by atoms with Gasteiger partial charge in [0.15, 0.2) is 5.78 Å². The third kappa shape index (κ3) is 2.27. The molecular weight excluding hydrogens is 268 g/mol. The van der Waals surface area contributed by atoms with Crippen molar-refractivity contribution in [2.24, 2.45) is 12.5 Å². The number of carbonyl (C=O) groups is 2. The van der Waals surface area contributed by atoms with E-state index in [2.05, 4.69) is 5.10 Å². The minimum atomic E-state index is -1.32. The van der Waals surface area contributed by atoms with E-state index in [0.29, 0.717) is 29.3 Å². The highest BCUT2D eigenvalue weighted by atomic mass is 35.5. The molecule has 0 aromatic carbocycles. The number of aromatic nitrogens is 2. The van der Waals surface area contributed by atoms with Crippen LogP contribution in [-0.4, -0.2) is 26.6 Å². The van der Waals surface area contributed by atoms with Crippen LogP contribution in [0.1, 0.15) is 36.9 Å². The summed E-state index contributed by atoms with van der Waals surface area (Å²) in [5.74, 6) is -1.23. The molecule has 2 rings (SSSR count). The van der Waals surface area contributed by atoms with Gasteiger partial charge >= 0.3 is 5.97 Å². The van der Waals surface area contributed by atoms with Crippen LogP contribution in [0.4, 0.5) is 0 Å². The fourth-order valence-corrected chi connectivity index (χ4v) is 3.00. The lowest BCUT2D eigenvalue weighted by molar-refractivity contribution is -0.157. The van der Waals surface area contributed by atoms with Gasteiger partial charge in [0, 0.05) is 25.5 Å². The van der Waals surface area contributed by atoms with Crippen LogP contribution in [0.2, 0.25) is 5.15 Å². The standard InChI is InChI=1S/C13H17ClN2O3/c1-8-9(11(14)16(2)15-8)7-13(12(18)19)6-4-3-5-10(13)17/h3-7H2,1-2H3,(H,18,19). The Labute approximate surface area is 116 Å². The molecule has 1 aliphatic carbocycles. The van der Waals surface area contributed by atoms with Gasteiger partial charge in [0.25, 0.3) is 0 Å². The van der Waals surface area contributed by atoms with Gasteiger partial charge < -0.3 is 5.11 Å². The number of ketones is 1. The number of carbonyl (C=O) groups excluding carboxylic acids is 1. The topological polar surface area (TPSA) is 72.2 Å². The van der Waals surface area contributed by atoms with E-state index < -0.39 is 11.4 Å². The molecule has 1 heterocycles. The number of rotatable bonds is 3. The number of aryl methyl sites for hydroxylation is 2. The molecule has 104 valence electrons. The number of nitrogens with zero attached hydrogens (tertiary/aromatic N) is 2. The van der Waals surface area contributed by atoms with Crippen molar-refractivity contribution in [2.45, 2.75) is 39.0 Å². The second kappa shape index (κ2) is 4.96. The molecule has 1 aromatic rings. The molecule has 1 aliphatic rings. The minimum absolute atomic E-state index is 0.139. The predicted octanol–water partition coefficient (Wildman–Crippen LogP) is 2.14. The Balaban J connectivity index is 2.41. The van der Waals surface area contributed by atoms with Gasteiger partial charge in [-0.25, -0.2) is 0 Å². The van der Waals surface area contributed by atoms with Crippen molar-refractivity contribution in [3.8, 4) is 0 Å². The number of carboxylic acid groups (broad SMARTS) is 1. The highest BCUT2D eigenvalue weighted by Crippen LogP contribution is 2.39. The molecule has 0 bridgehead atoms. The van der Waals surface area contributed by atoms with E-state index in [1.165, 1.54) is 4.68 Å². The van der Waals surface area contributed by atoms with Crippen LogP contribution in [-0.2, 0) is 23.1 Å². The van der Waals surface area contributed by atoms with E-state index >= 15 is 0 Å². The molecule has 0 saturated heterocycles. The van der Waals surface area contributed by atoms with Crippen LogP contribution < -0.4 is 0 Å². The summed E-state index contributed by atoms with van der Waals surface area (Å²) < 4.78 is 1.51. The Morgan fingerprint density at radius 2 is 2.21 bits per heavy atom. The molecule has 1 saturated carbocycles. The molecular formula is C13H17ClN2O3. The largest absolute Gasteiger partial charge is 0.480 e. The fourth-order valence-electron chi connectivity index (χ4n) is 2.76. The van der Waals surface area contributed by atoms with Crippen LogP contribution in [0.15, 0.2) is 0 Å². The Bertz CT molecular complexity index is 538. The van der Waals surface area contributed by atoms with Gasteiger partial charge in [-0.05, 0) is 19.8 Å². The molecule has 0 radical (unpaired) electrons. The van der Waals surface area contributed by atoms with Gasteiger partial charge in [-0.2, -0.15) is 5.10 Å². The first-order valence-corrected chi connectivity index (χ1v) is 6.71. The summed E-state index contributed by atoms with van der Waals surface area (Å²) in [6.07, 6.45) is 2.39. The predicted molar refractivity (Wildman–Crippen MR) is 70.2 cm³/mol.